The molecule has 0 bridgehead atoms. The Morgan fingerprint density at radius 3 is 2.73 bits per heavy atom. The van der Waals surface area contributed by atoms with Crippen LogP contribution < -0.4 is 0 Å². The Balaban J connectivity index is 1.59. The van der Waals surface area contributed by atoms with Gasteiger partial charge in [-0.15, -0.1) is 0 Å². The number of hydrogen-bond acceptors (Lipinski definition) is 4. The number of hydrogen-bond donors (Lipinski definition) is 1. The third-order valence-electron chi connectivity index (χ3n) is 5.07. The first kappa shape index (κ1) is 18.2. The summed E-state index contributed by atoms with van der Waals surface area (Å²) in [7, 11) is 0. The van der Waals surface area contributed by atoms with Gasteiger partial charge >= 0.3 is 5.97 Å². The van der Waals surface area contributed by atoms with Gasteiger partial charge in [-0.3, -0.25) is 9.59 Å². The lowest BCUT2D eigenvalue weighted by atomic mass is 9.90. The van der Waals surface area contributed by atoms with Crippen molar-refractivity contribution in [2.24, 2.45) is 5.92 Å². The van der Waals surface area contributed by atoms with Gasteiger partial charge in [-0.25, -0.2) is 4.98 Å². The van der Waals surface area contributed by atoms with Crippen molar-refractivity contribution in [1.82, 2.24) is 9.88 Å². The molecule has 1 aliphatic heterocycles. The first-order chi connectivity index (χ1) is 12.5. The quantitative estimate of drug-likeness (QED) is 0.889. The van der Waals surface area contributed by atoms with Crippen LogP contribution in [0.25, 0.3) is 11.3 Å². The molecule has 2 aromatic rings. The Kier molecular flexibility index (Phi) is 5.40. The van der Waals surface area contributed by atoms with Crippen LogP contribution in [0.1, 0.15) is 37.6 Å². The van der Waals surface area contributed by atoms with Gasteiger partial charge in [0.15, 0.2) is 11.7 Å². The van der Waals surface area contributed by atoms with Gasteiger partial charge in [-0.05, 0) is 26.7 Å². The van der Waals surface area contributed by atoms with E-state index in [1.54, 1.807) is 11.1 Å². The number of carboxylic acid groups (broad SMARTS) is 1. The number of oxazole rings is 1. The third kappa shape index (κ3) is 3.95. The summed E-state index contributed by atoms with van der Waals surface area (Å²) in [6.45, 7) is 4.46. The number of amides is 1. The number of nitrogens with zero attached hydrogens (tertiary/aromatic N) is 2. The number of carboxylic acids is 1. The van der Waals surface area contributed by atoms with Crippen LogP contribution in [-0.4, -0.2) is 39.5 Å². The maximum atomic E-state index is 12.5. The van der Waals surface area contributed by atoms with Gasteiger partial charge in [0.1, 0.15) is 0 Å². The van der Waals surface area contributed by atoms with Crippen molar-refractivity contribution in [2.45, 2.75) is 45.6 Å². The van der Waals surface area contributed by atoms with Crippen LogP contribution in [-0.2, 0) is 16.0 Å². The summed E-state index contributed by atoms with van der Waals surface area (Å²) in [5.74, 6) is -0.148. The number of aliphatic carboxylic acids is 1. The summed E-state index contributed by atoms with van der Waals surface area (Å²) in [6, 6.07) is 7.70. The second-order valence-corrected chi connectivity index (χ2v) is 6.90. The molecule has 6 nitrogen and oxygen atoms in total. The molecule has 1 N–H and O–H groups in total. The maximum absolute atomic E-state index is 12.5. The number of rotatable bonds is 5. The third-order valence-corrected chi connectivity index (χ3v) is 5.07. The van der Waals surface area contributed by atoms with Gasteiger partial charge in [0, 0.05) is 31.0 Å². The zero-order valence-electron chi connectivity index (χ0n) is 15.1. The highest BCUT2D eigenvalue weighted by Crippen LogP contribution is 2.25. The zero-order chi connectivity index (χ0) is 18.7. The van der Waals surface area contributed by atoms with Crippen LogP contribution in [0, 0.1) is 12.8 Å². The molecule has 1 aromatic carbocycles. The molecule has 1 fully saturated rings. The molecular weight excluding hydrogens is 332 g/mol. The monoisotopic (exact) mass is 356 g/mol. The average Bonchev–Trinajstić information content (AvgIpc) is 3.09. The highest BCUT2D eigenvalue weighted by Gasteiger charge is 2.35. The fourth-order valence-electron chi connectivity index (χ4n) is 3.46. The number of aromatic nitrogens is 1. The van der Waals surface area contributed by atoms with E-state index >= 15 is 0 Å². The number of benzene rings is 1. The molecule has 6 heteroatoms. The Hall–Kier alpha value is -2.63. The highest BCUT2D eigenvalue weighted by atomic mass is 16.4. The number of carbonyl (C=O) groups is 2. The van der Waals surface area contributed by atoms with Crippen molar-refractivity contribution in [3.05, 3.63) is 41.9 Å². The Morgan fingerprint density at radius 2 is 2.04 bits per heavy atom. The van der Waals surface area contributed by atoms with Crippen molar-refractivity contribution in [3.63, 3.8) is 0 Å². The standard InChI is InChI=1S/C20H24N2O4/c1-13-5-7-15(8-6-13)17-12-21-18(26-17)9-10-19(23)22-11-3-4-16(14(22)2)20(24)25/h5-8,12,14,16H,3-4,9-11H2,1-2H3,(H,24,25)/t14-,16-/m1/s1. The van der Waals surface area contributed by atoms with Crippen molar-refractivity contribution >= 4 is 11.9 Å². The second kappa shape index (κ2) is 7.72. The Morgan fingerprint density at radius 1 is 1.31 bits per heavy atom. The van der Waals surface area contributed by atoms with Gasteiger partial charge in [-0.2, -0.15) is 0 Å². The highest BCUT2D eigenvalue weighted by molar-refractivity contribution is 5.78. The number of likely N-dealkylation sites (tertiary alicyclic amines) is 1. The first-order valence-corrected chi connectivity index (χ1v) is 8.99. The molecule has 0 radical (unpaired) electrons. The average molecular weight is 356 g/mol. The van der Waals surface area contributed by atoms with E-state index in [-0.39, 0.29) is 18.4 Å². The molecule has 138 valence electrons. The molecule has 0 spiro atoms. The number of aryl methyl sites for hydroxylation is 2. The lowest BCUT2D eigenvalue weighted by Crippen LogP contribution is -2.49. The summed E-state index contributed by atoms with van der Waals surface area (Å²) in [6.07, 6.45) is 3.70. The molecule has 0 unspecified atom stereocenters. The van der Waals surface area contributed by atoms with Gasteiger partial charge < -0.3 is 14.4 Å². The molecule has 0 saturated carbocycles. The fourth-order valence-corrected chi connectivity index (χ4v) is 3.46. The molecule has 0 aliphatic carbocycles. The summed E-state index contributed by atoms with van der Waals surface area (Å²) in [5.41, 5.74) is 2.13. The zero-order valence-corrected chi connectivity index (χ0v) is 15.1. The van der Waals surface area contributed by atoms with Crippen molar-refractivity contribution < 1.29 is 19.1 Å². The second-order valence-electron chi connectivity index (χ2n) is 6.90. The molecule has 1 aromatic heterocycles. The molecule has 2 heterocycles. The van der Waals surface area contributed by atoms with Crippen molar-refractivity contribution in [3.8, 4) is 11.3 Å². The molecule has 3 rings (SSSR count). The Labute approximate surface area is 152 Å². The van der Waals surface area contributed by atoms with E-state index in [1.165, 1.54) is 5.56 Å². The van der Waals surface area contributed by atoms with E-state index in [2.05, 4.69) is 4.98 Å². The summed E-state index contributed by atoms with van der Waals surface area (Å²) >= 11 is 0. The van der Waals surface area contributed by atoms with Gasteiger partial charge in [-0.1, -0.05) is 29.8 Å². The molecule has 1 aliphatic rings. The lowest BCUT2D eigenvalue weighted by Gasteiger charge is -2.37. The van der Waals surface area contributed by atoms with Gasteiger partial charge in [0.25, 0.3) is 0 Å². The molecule has 1 saturated heterocycles. The van der Waals surface area contributed by atoms with Crippen LogP contribution in [0.5, 0.6) is 0 Å². The minimum absolute atomic E-state index is 0.0430. The summed E-state index contributed by atoms with van der Waals surface area (Å²) in [5, 5.41) is 9.28. The summed E-state index contributed by atoms with van der Waals surface area (Å²) < 4.78 is 5.76. The van der Waals surface area contributed by atoms with E-state index < -0.39 is 11.9 Å². The predicted molar refractivity (Wildman–Crippen MR) is 96.5 cm³/mol. The number of piperidine rings is 1. The van der Waals surface area contributed by atoms with E-state index in [0.717, 1.165) is 12.0 Å². The SMILES string of the molecule is Cc1ccc(-c2cnc(CCC(=O)N3CCC[C@@H](C(=O)O)[C@H]3C)o2)cc1. The molecule has 1 amide bonds. The first-order valence-electron chi connectivity index (χ1n) is 8.99. The molecule has 2 atom stereocenters. The van der Waals surface area contributed by atoms with Crippen molar-refractivity contribution in [1.29, 1.82) is 0 Å². The largest absolute Gasteiger partial charge is 0.481 e. The topological polar surface area (TPSA) is 83.6 Å². The van der Waals surface area contributed by atoms with Crippen LogP contribution >= 0.6 is 0 Å². The minimum Gasteiger partial charge on any atom is -0.481 e. The van der Waals surface area contributed by atoms with Crippen molar-refractivity contribution in [2.75, 3.05) is 6.54 Å². The van der Waals surface area contributed by atoms with Gasteiger partial charge in [0.05, 0.1) is 12.1 Å². The number of carbonyl (C=O) groups excluding carboxylic acids is 1. The van der Waals surface area contributed by atoms with E-state index in [9.17, 15) is 14.7 Å². The maximum Gasteiger partial charge on any atom is 0.308 e. The smallest absolute Gasteiger partial charge is 0.308 e. The lowest BCUT2D eigenvalue weighted by molar-refractivity contribution is -0.149. The van der Waals surface area contributed by atoms with E-state index in [4.69, 9.17) is 4.42 Å². The van der Waals surface area contributed by atoms with Crippen LogP contribution in [0.4, 0.5) is 0 Å². The van der Waals surface area contributed by atoms with E-state index in [0.29, 0.717) is 31.0 Å². The normalized spacial score (nSPS) is 20.2. The van der Waals surface area contributed by atoms with Crippen LogP contribution in [0.3, 0.4) is 0 Å². The van der Waals surface area contributed by atoms with Crippen LogP contribution in [0.15, 0.2) is 34.9 Å². The van der Waals surface area contributed by atoms with E-state index in [1.807, 2.05) is 38.1 Å². The van der Waals surface area contributed by atoms with Crippen LogP contribution in [0.2, 0.25) is 0 Å². The predicted octanol–water partition coefficient (Wildman–Crippen LogP) is 3.29. The summed E-state index contributed by atoms with van der Waals surface area (Å²) in [4.78, 5) is 29.8. The minimum atomic E-state index is -0.828. The Bertz CT molecular complexity index is 781. The molecule has 26 heavy (non-hydrogen) atoms. The fraction of sp³-hybridized carbons (Fsp3) is 0.450. The van der Waals surface area contributed by atoms with Gasteiger partial charge in [0.2, 0.25) is 5.91 Å². The molecular formula is C20H24N2O4.